The predicted octanol–water partition coefficient (Wildman–Crippen LogP) is 5.21. The fourth-order valence-electron chi connectivity index (χ4n) is 3.63. The Hall–Kier alpha value is -3.69. The number of nitrogens with zero attached hydrogens (tertiary/aromatic N) is 4. The summed E-state index contributed by atoms with van der Waals surface area (Å²) in [7, 11) is 0. The SMILES string of the molecule is C=CCn1c(SCC(=O)Nc2cccc3ccccc23)nnc1-c1sc2ncccc2c1N. The first-order chi connectivity index (χ1) is 16.2. The third-order valence-corrected chi connectivity index (χ3v) is 7.22. The molecule has 164 valence electrons. The van der Waals surface area contributed by atoms with Crippen molar-refractivity contribution in [2.24, 2.45) is 0 Å². The minimum absolute atomic E-state index is 0.114. The van der Waals surface area contributed by atoms with Crippen molar-refractivity contribution in [3.8, 4) is 10.7 Å². The van der Waals surface area contributed by atoms with Gasteiger partial charge in [-0.1, -0.05) is 54.2 Å². The van der Waals surface area contributed by atoms with Gasteiger partial charge in [0.2, 0.25) is 5.91 Å². The van der Waals surface area contributed by atoms with E-state index in [0.717, 1.165) is 31.6 Å². The van der Waals surface area contributed by atoms with Crippen LogP contribution in [-0.2, 0) is 11.3 Å². The fraction of sp³-hybridized carbons (Fsp3) is 0.0833. The van der Waals surface area contributed by atoms with Gasteiger partial charge in [0.25, 0.3) is 0 Å². The molecule has 5 aromatic rings. The van der Waals surface area contributed by atoms with Crippen LogP contribution in [0.1, 0.15) is 0 Å². The second-order valence-electron chi connectivity index (χ2n) is 7.27. The van der Waals surface area contributed by atoms with Crippen LogP contribution in [0.3, 0.4) is 0 Å². The van der Waals surface area contributed by atoms with Crippen molar-refractivity contribution in [2.45, 2.75) is 11.7 Å². The molecule has 0 saturated heterocycles. The molecule has 0 unspecified atom stereocenters. The molecule has 1 amide bonds. The minimum Gasteiger partial charge on any atom is -0.397 e. The Morgan fingerprint density at radius 1 is 1.12 bits per heavy atom. The maximum absolute atomic E-state index is 12.7. The summed E-state index contributed by atoms with van der Waals surface area (Å²) in [6.45, 7) is 4.35. The van der Waals surface area contributed by atoms with Gasteiger partial charge in [0, 0.05) is 29.2 Å². The maximum Gasteiger partial charge on any atom is 0.234 e. The lowest BCUT2D eigenvalue weighted by atomic mass is 10.1. The molecule has 0 atom stereocenters. The number of aromatic nitrogens is 4. The number of nitrogen functional groups attached to an aromatic ring is 1. The summed E-state index contributed by atoms with van der Waals surface area (Å²) in [6, 6.07) is 17.6. The second-order valence-corrected chi connectivity index (χ2v) is 9.21. The molecule has 5 rings (SSSR count). The van der Waals surface area contributed by atoms with Gasteiger partial charge in [0.05, 0.1) is 16.3 Å². The fourth-order valence-corrected chi connectivity index (χ4v) is 5.43. The third-order valence-electron chi connectivity index (χ3n) is 5.13. The van der Waals surface area contributed by atoms with Gasteiger partial charge in [-0.05, 0) is 23.6 Å². The molecular formula is C24H20N6OS2. The van der Waals surface area contributed by atoms with Gasteiger partial charge < -0.3 is 11.1 Å². The zero-order chi connectivity index (χ0) is 22.8. The first kappa shape index (κ1) is 21.2. The quantitative estimate of drug-likeness (QED) is 0.249. The standard InChI is InChI=1S/C24H20N6OS2/c1-2-13-30-22(21-20(25)17-10-6-12-26-23(17)33-21)28-29-24(30)32-14-19(31)27-18-11-5-8-15-7-3-4-9-16(15)18/h2-12H,1,13-14,25H2,(H,27,31). The van der Waals surface area contributed by atoms with Crippen molar-refractivity contribution in [2.75, 3.05) is 16.8 Å². The molecule has 0 bridgehead atoms. The van der Waals surface area contributed by atoms with Gasteiger partial charge in [-0.3, -0.25) is 9.36 Å². The molecule has 0 radical (unpaired) electrons. The number of pyridine rings is 1. The van der Waals surface area contributed by atoms with Gasteiger partial charge in [0.1, 0.15) is 4.83 Å². The number of rotatable bonds is 7. The first-order valence-corrected chi connectivity index (χ1v) is 12.0. The summed E-state index contributed by atoms with van der Waals surface area (Å²) >= 11 is 2.80. The third kappa shape index (κ3) is 4.08. The van der Waals surface area contributed by atoms with E-state index in [4.69, 9.17) is 5.73 Å². The van der Waals surface area contributed by atoms with Crippen LogP contribution in [0, 0.1) is 0 Å². The summed E-state index contributed by atoms with van der Waals surface area (Å²) in [5.74, 6) is 0.728. The average molecular weight is 473 g/mol. The second kappa shape index (κ2) is 9.05. The zero-order valence-electron chi connectivity index (χ0n) is 17.6. The Bertz CT molecular complexity index is 1480. The van der Waals surface area contributed by atoms with Gasteiger partial charge in [-0.2, -0.15) is 0 Å². The number of amides is 1. The van der Waals surface area contributed by atoms with Crippen molar-refractivity contribution in [3.05, 3.63) is 73.4 Å². The molecule has 9 heteroatoms. The number of thiophene rings is 1. The van der Waals surface area contributed by atoms with E-state index in [0.29, 0.717) is 23.2 Å². The van der Waals surface area contributed by atoms with Crippen molar-refractivity contribution >= 4 is 61.4 Å². The normalized spacial score (nSPS) is 11.2. The number of anilines is 2. The van der Waals surface area contributed by atoms with Crippen LogP contribution >= 0.6 is 23.1 Å². The molecule has 0 saturated carbocycles. The number of fused-ring (bicyclic) bond motifs is 2. The molecule has 0 aliphatic carbocycles. The van der Waals surface area contributed by atoms with E-state index in [1.807, 2.05) is 59.2 Å². The first-order valence-electron chi connectivity index (χ1n) is 10.2. The average Bonchev–Trinajstić information content (AvgIpc) is 3.39. The van der Waals surface area contributed by atoms with Crippen LogP contribution in [0.2, 0.25) is 0 Å². The van der Waals surface area contributed by atoms with E-state index in [1.54, 1.807) is 12.3 Å². The highest BCUT2D eigenvalue weighted by Crippen LogP contribution is 2.39. The highest BCUT2D eigenvalue weighted by molar-refractivity contribution is 7.99. The van der Waals surface area contributed by atoms with Crippen molar-refractivity contribution < 1.29 is 4.79 Å². The molecular weight excluding hydrogens is 452 g/mol. The summed E-state index contributed by atoms with van der Waals surface area (Å²) in [4.78, 5) is 18.8. The number of allylic oxidation sites excluding steroid dienone is 1. The van der Waals surface area contributed by atoms with Crippen molar-refractivity contribution in [1.82, 2.24) is 19.7 Å². The number of benzene rings is 2. The number of thioether (sulfide) groups is 1. The van der Waals surface area contributed by atoms with Crippen LogP contribution in [0.25, 0.3) is 31.7 Å². The van der Waals surface area contributed by atoms with Gasteiger partial charge in [-0.15, -0.1) is 28.1 Å². The summed E-state index contributed by atoms with van der Waals surface area (Å²) in [6.07, 6.45) is 3.52. The van der Waals surface area contributed by atoms with Crippen LogP contribution in [0.5, 0.6) is 0 Å². The number of carbonyl (C=O) groups excluding carboxylic acids is 1. The van der Waals surface area contributed by atoms with E-state index < -0.39 is 0 Å². The lowest BCUT2D eigenvalue weighted by Crippen LogP contribution is -2.15. The molecule has 3 N–H and O–H groups in total. The smallest absolute Gasteiger partial charge is 0.234 e. The summed E-state index contributed by atoms with van der Waals surface area (Å²) in [5, 5.41) is 15.3. The molecule has 3 heterocycles. The monoisotopic (exact) mass is 472 g/mol. The Kier molecular flexibility index (Phi) is 5.80. The molecule has 0 aliphatic rings. The summed E-state index contributed by atoms with van der Waals surface area (Å²) < 4.78 is 1.92. The van der Waals surface area contributed by atoms with Crippen LogP contribution in [-0.4, -0.2) is 31.4 Å². The van der Waals surface area contributed by atoms with Crippen LogP contribution < -0.4 is 11.1 Å². The molecule has 33 heavy (non-hydrogen) atoms. The predicted molar refractivity (Wildman–Crippen MR) is 137 cm³/mol. The Balaban J connectivity index is 1.37. The molecule has 7 nitrogen and oxygen atoms in total. The summed E-state index contributed by atoms with van der Waals surface area (Å²) in [5.41, 5.74) is 7.81. The molecule has 3 aromatic heterocycles. The molecule has 2 aromatic carbocycles. The van der Waals surface area contributed by atoms with Crippen molar-refractivity contribution in [3.63, 3.8) is 0 Å². The van der Waals surface area contributed by atoms with E-state index >= 15 is 0 Å². The highest BCUT2D eigenvalue weighted by Gasteiger charge is 2.20. The zero-order valence-corrected chi connectivity index (χ0v) is 19.2. The Labute approximate surface area is 198 Å². The maximum atomic E-state index is 12.7. The lowest BCUT2D eigenvalue weighted by Gasteiger charge is -2.09. The van der Waals surface area contributed by atoms with E-state index in [2.05, 4.69) is 27.1 Å². The van der Waals surface area contributed by atoms with Gasteiger partial charge in [-0.25, -0.2) is 4.98 Å². The van der Waals surface area contributed by atoms with Gasteiger partial charge >= 0.3 is 0 Å². The number of nitrogens with two attached hydrogens (primary N) is 1. The minimum atomic E-state index is -0.114. The number of hydrogen-bond donors (Lipinski definition) is 2. The Morgan fingerprint density at radius 2 is 1.94 bits per heavy atom. The lowest BCUT2D eigenvalue weighted by molar-refractivity contribution is -0.113. The van der Waals surface area contributed by atoms with E-state index in [-0.39, 0.29) is 11.7 Å². The largest absolute Gasteiger partial charge is 0.397 e. The van der Waals surface area contributed by atoms with Crippen molar-refractivity contribution in [1.29, 1.82) is 0 Å². The molecule has 0 spiro atoms. The number of hydrogen-bond acceptors (Lipinski definition) is 7. The Morgan fingerprint density at radius 3 is 2.79 bits per heavy atom. The topological polar surface area (TPSA) is 98.7 Å². The highest BCUT2D eigenvalue weighted by atomic mass is 32.2. The van der Waals surface area contributed by atoms with Gasteiger partial charge in [0.15, 0.2) is 11.0 Å². The van der Waals surface area contributed by atoms with E-state index in [9.17, 15) is 4.79 Å². The van der Waals surface area contributed by atoms with E-state index in [1.165, 1.54) is 23.1 Å². The number of nitrogens with one attached hydrogen (secondary N) is 1. The molecule has 0 aliphatic heterocycles. The molecule has 0 fully saturated rings. The van der Waals surface area contributed by atoms with Crippen LogP contribution in [0.4, 0.5) is 11.4 Å². The van der Waals surface area contributed by atoms with Crippen LogP contribution in [0.15, 0.2) is 78.6 Å². The number of carbonyl (C=O) groups is 1.